The van der Waals surface area contributed by atoms with Gasteiger partial charge in [-0.25, -0.2) is 15.0 Å². The topological polar surface area (TPSA) is 114 Å². The highest BCUT2D eigenvalue weighted by Crippen LogP contribution is 2.37. The van der Waals surface area contributed by atoms with Gasteiger partial charge in [-0.3, -0.25) is 4.79 Å². The van der Waals surface area contributed by atoms with Crippen molar-refractivity contribution in [3.8, 4) is 11.3 Å². The maximum absolute atomic E-state index is 11.2. The average molecular weight is 396 g/mol. The highest BCUT2D eigenvalue weighted by molar-refractivity contribution is 5.72. The maximum atomic E-state index is 11.2. The molecule has 29 heavy (non-hydrogen) atoms. The first-order chi connectivity index (χ1) is 14.2. The first-order valence-corrected chi connectivity index (χ1v) is 10.0. The van der Waals surface area contributed by atoms with Gasteiger partial charge in [0.25, 0.3) is 0 Å². The predicted molar refractivity (Wildman–Crippen MR) is 108 cm³/mol. The van der Waals surface area contributed by atoms with Crippen molar-refractivity contribution in [2.45, 2.75) is 18.9 Å². The van der Waals surface area contributed by atoms with Gasteiger partial charge in [-0.05, 0) is 12.8 Å². The van der Waals surface area contributed by atoms with E-state index in [1.54, 1.807) is 12.4 Å². The van der Waals surface area contributed by atoms with Crippen molar-refractivity contribution in [2.24, 2.45) is 0 Å². The first-order valence-electron chi connectivity index (χ1n) is 10.0. The van der Waals surface area contributed by atoms with Crippen LogP contribution >= 0.6 is 0 Å². The molecule has 2 fully saturated rings. The molecular weight excluding hydrogens is 372 g/mol. The molecule has 1 atom stereocenters. The fourth-order valence-electron chi connectivity index (χ4n) is 4.34. The van der Waals surface area contributed by atoms with Gasteiger partial charge >= 0.3 is 0 Å². The smallest absolute Gasteiger partial charge is 0.228 e. The van der Waals surface area contributed by atoms with Gasteiger partial charge in [0.1, 0.15) is 5.82 Å². The minimum atomic E-state index is 0.245. The zero-order valence-electron chi connectivity index (χ0n) is 16.2. The largest absolute Gasteiger partial charge is 0.378 e. The third-order valence-corrected chi connectivity index (χ3v) is 5.87. The molecule has 5 heterocycles. The summed E-state index contributed by atoms with van der Waals surface area (Å²) < 4.78 is 5.49. The lowest BCUT2D eigenvalue weighted by Crippen LogP contribution is -2.39. The van der Waals surface area contributed by atoms with E-state index < -0.39 is 0 Å². The van der Waals surface area contributed by atoms with Crippen LogP contribution in [0.4, 0.5) is 17.7 Å². The number of ether oxygens (including phenoxy) is 1. The molecule has 2 saturated heterocycles. The van der Waals surface area contributed by atoms with E-state index in [1.807, 2.05) is 4.90 Å². The Morgan fingerprint density at radius 2 is 1.90 bits per heavy atom. The van der Waals surface area contributed by atoms with Crippen molar-refractivity contribution in [1.82, 2.24) is 24.8 Å². The Bertz CT molecular complexity index is 900. The third-order valence-electron chi connectivity index (χ3n) is 5.87. The van der Waals surface area contributed by atoms with Gasteiger partial charge in [-0.1, -0.05) is 0 Å². The molecule has 2 aromatic rings. The number of fused-ring (bicyclic) bond motifs is 1. The maximum Gasteiger partial charge on any atom is 0.228 e. The standard InChI is InChI=1S/C19H24N8O2/c20-18-21-9-13(10-22-18)16-15-2-4-27(14-1-3-25(11-14)12-28)17(15)24-19(23-16)26-5-7-29-8-6-26/h9-10,12,14H,1-8,11H2,(H2,20,21,22)/t14-/m0/s1. The molecule has 10 heteroatoms. The van der Waals surface area contributed by atoms with Crippen LogP contribution in [0.5, 0.6) is 0 Å². The van der Waals surface area contributed by atoms with Crippen molar-refractivity contribution in [2.75, 3.05) is 61.5 Å². The summed E-state index contributed by atoms with van der Waals surface area (Å²) in [6.45, 7) is 5.26. The van der Waals surface area contributed by atoms with Crippen LogP contribution in [0.25, 0.3) is 11.3 Å². The molecule has 0 aliphatic carbocycles. The van der Waals surface area contributed by atoms with Crippen molar-refractivity contribution in [3.63, 3.8) is 0 Å². The molecule has 0 aromatic carbocycles. The molecule has 3 aliphatic heterocycles. The Morgan fingerprint density at radius 1 is 1.10 bits per heavy atom. The molecule has 0 radical (unpaired) electrons. The van der Waals surface area contributed by atoms with Gasteiger partial charge in [-0.2, -0.15) is 4.98 Å². The molecule has 152 valence electrons. The van der Waals surface area contributed by atoms with Gasteiger partial charge in [0.15, 0.2) is 0 Å². The lowest BCUT2D eigenvalue weighted by Gasteiger charge is -2.30. The predicted octanol–water partition coefficient (Wildman–Crippen LogP) is -0.0544. The number of nitrogens with zero attached hydrogens (tertiary/aromatic N) is 7. The fraction of sp³-hybridized carbons (Fsp3) is 0.526. The quantitative estimate of drug-likeness (QED) is 0.710. The number of morpholine rings is 1. The summed E-state index contributed by atoms with van der Waals surface area (Å²) in [4.78, 5) is 35.7. The summed E-state index contributed by atoms with van der Waals surface area (Å²) in [6.07, 6.45) is 6.19. The number of carbonyl (C=O) groups excluding carboxylic acids is 1. The minimum absolute atomic E-state index is 0.245. The summed E-state index contributed by atoms with van der Waals surface area (Å²) in [6, 6.07) is 0.282. The number of likely N-dealkylation sites (tertiary alicyclic amines) is 1. The second kappa shape index (κ2) is 7.43. The van der Waals surface area contributed by atoms with Crippen LogP contribution in [0.15, 0.2) is 12.4 Å². The number of nitrogen functional groups attached to an aromatic ring is 1. The Labute approximate surface area is 168 Å². The molecular formula is C19H24N8O2. The van der Waals surface area contributed by atoms with E-state index in [2.05, 4.69) is 19.8 Å². The van der Waals surface area contributed by atoms with E-state index in [-0.39, 0.29) is 12.0 Å². The van der Waals surface area contributed by atoms with E-state index in [9.17, 15) is 4.79 Å². The number of hydrogen-bond acceptors (Lipinski definition) is 9. The molecule has 5 rings (SSSR count). The van der Waals surface area contributed by atoms with E-state index in [4.69, 9.17) is 20.4 Å². The lowest BCUT2D eigenvalue weighted by molar-refractivity contribution is -0.117. The monoisotopic (exact) mass is 396 g/mol. The van der Waals surface area contributed by atoms with Crippen molar-refractivity contribution < 1.29 is 9.53 Å². The summed E-state index contributed by atoms with van der Waals surface area (Å²) in [7, 11) is 0. The zero-order chi connectivity index (χ0) is 19.8. The van der Waals surface area contributed by atoms with Crippen LogP contribution in [0.3, 0.4) is 0 Å². The second-order valence-electron chi connectivity index (χ2n) is 7.59. The van der Waals surface area contributed by atoms with E-state index >= 15 is 0 Å². The Kier molecular flexibility index (Phi) is 4.62. The van der Waals surface area contributed by atoms with Crippen LogP contribution in [-0.2, 0) is 16.0 Å². The molecule has 3 aliphatic rings. The van der Waals surface area contributed by atoms with Gasteiger partial charge in [0, 0.05) is 62.3 Å². The number of hydrogen-bond donors (Lipinski definition) is 1. The Morgan fingerprint density at radius 3 is 2.62 bits per heavy atom. The molecule has 10 nitrogen and oxygen atoms in total. The molecule has 0 bridgehead atoms. The van der Waals surface area contributed by atoms with Crippen LogP contribution in [0, 0.1) is 0 Å². The van der Waals surface area contributed by atoms with E-state index in [1.165, 1.54) is 0 Å². The van der Waals surface area contributed by atoms with Crippen molar-refractivity contribution in [1.29, 1.82) is 0 Å². The van der Waals surface area contributed by atoms with Gasteiger partial charge in [0.05, 0.1) is 18.9 Å². The van der Waals surface area contributed by atoms with Crippen LogP contribution in [-0.4, -0.2) is 83.2 Å². The van der Waals surface area contributed by atoms with E-state index in [0.29, 0.717) is 19.2 Å². The minimum Gasteiger partial charge on any atom is -0.378 e. The van der Waals surface area contributed by atoms with Crippen molar-refractivity contribution in [3.05, 3.63) is 18.0 Å². The van der Waals surface area contributed by atoms with Crippen LogP contribution in [0.2, 0.25) is 0 Å². The summed E-state index contributed by atoms with van der Waals surface area (Å²) in [5.74, 6) is 1.91. The SMILES string of the molecule is Nc1ncc(-c2nc(N3CCOCC3)nc3c2CCN3[C@H]2CCN(C=O)C2)cn1. The summed E-state index contributed by atoms with van der Waals surface area (Å²) in [5, 5.41) is 0. The molecule has 2 aromatic heterocycles. The number of anilines is 3. The first kappa shape index (κ1) is 18.0. The van der Waals surface area contributed by atoms with E-state index in [0.717, 1.165) is 74.6 Å². The molecule has 0 saturated carbocycles. The normalized spacial score (nSPS) is 21.5. The lowest BCUT2D eigenvalue weighted by atomic mass is 10.1. The third kappa shape index (κ3) is 3.33. The molecule has 0 spiro atoms. The number of rotatable bonds is 4. The number of amides is 1. The Hall–Kier alpha value is -3.01. The van der Waals surface area contributed by atoms with Crippen molar-refractivity contribution >= 4 is 24.1 Å². The molecule has 1 amide bonds. The van der Waals surface area contributed by atoms with Crippen LogP contribution in [0.1, 0.15) is 12.0 Å². The zero-order valence-corrected chi connectivity index (χ0v) is 16.2. The summed E-state index contributed by atoms with van der Waals surface area (Å²) in [5.41, 5.74) is 8.50. The second-order valence-corrected chi connectivity index (χ2v) is 7.59. The average Bonchev–Trinajstić information content (AvgIpc) is 3.41. The van der Waals surface area contributed by atoms with Crippen LogP contribution < -0.4 is 15.5 Å². The van der Waals surface area contributed by atoms with Gasteiger partial charge in [0.2, 0.25) is 18.3 Å². The number of aromatic nitrogens is 4. The highest BCUT2D eigenvalue weighted by atomic mass is 16.5. The molecule has 2 N–H and O–H groups in total. The fourth-order valence-corrected chi connectivity index (χ4v) is 4.34. The van der Waals surface area contributed by atoms with Gasteiger partial charge < -0.3 is 25.2 Å². The Balaban J connectivity index is 1.56. The highest BCUT2D eigenvalue weighted by Gasteiger charge is 2.35. The number of nitrogens with two attached hydrogens (primary N) is 1. The van der Waals surface area contributed by atoms with Gasteiger partial charge in [-0.15, -0.1) is 0 Å². The summed E-state index contributed by atoms with van der Waals surface area (Å²) >= 11 is 0. The number of carbonyl (C=O) groups is 1. The molecule has 0 unspecified atom stereocenters.